The Morgan fingerprint density at radius 2 is 2.46 bits per heavy atom. The van der Waals surface area contributed by atoms with Crippen LogP contribution in [0.15, 0.2) is 28.9 Å². The summed E-state index contributed by atoms with van der Waals surface area (Å²) in [5.74, 6) is 0.657. The molecule has 1 amide bonds. The van der Waals surface area contributed by atoms with E-state index in [1.165, 1.54) is 6.08 Å². The van der Waals surface area contributed by atoms with Gasteiger partial charge in [0.05, 0.1) is 6.26 Å². The maximum Gasteiger partial charge on any atom is 0.244 e. The fourth-order valence-electron chi connectivity index (χ4n) is 1.02. The van der Waals surface area contributed by atoms with E-state index >= 15 is 0 Å². The molecule has 0 atom stereocenters. The van der Waals surface area contributed by atoms with Gasteiger partial charge < -0.3 is 9.73 Å². The van der Waals surface area contributed by atoms with E-state index in [1.54, 1.807) is 24.5 Å². The molecule has 1 aromatic rings. The summed E-state index contributed by atoms with van der Waals surface area (Å²) in [5, 5.41) is 2.85. The van der Waals surface area contributed by atoms with Crippen LogP contribution >= 0.6 is 0 Å². The van der Waals surface area contributed by atoms with E-state index in [4.69, 9.17) is 4.42 Å². The Bertz CT molecular complexity index is 310. The molecular weight excluding hydrogens is 166 g/mol. The van der Waals surface area contributed by atoms with Crippen LogP contribution in [0.25, 0.3) is 6.08 Å². The zero-order valence-corrected chi connectivity index (χ0v) is 7.19. The van der Waals surface area contributed by atoms with E-state index < -0.39 is 0 Å². The fraction of sp³-hybridized carbons (Fsp3) is 0.300. The number of carbonyl (C=O) groups excluding carboxylic acids is 1. The van der Waals surface area contributed by atoms with Gasteiger partial charge >= 0.3 is 0 Å². The van der Waals surface area contributed by atoms with Crippen molar-refractivity contribution in [3.8, 4) is 0 Å². The molecule has 3 heteroatoms. The smallest absolute Gasteiger partial charge is 0.244 e. The van der Waals surface area contributed by atoms with Gasteiger partial charge in [0, 0.05) is 12.1 Å². The molecule has 3 nitrogen and oxygen atoms in total. The second-order valence-electron chi connectivity index (χ2n) is 3.13. The van der Waals surface area contributed by atoms with Crippen LogP contribution in [0.4, 0.5) is 0 Å². The van der Waals surface area contributed by atoms with Crippen LogP contribution in [0.3, 0.4) is 0 Å². The van der Waals surface area contributed by atoms with Crippen LogP contribution in [0.1, 0.15) is 18.6 Å². The lowest BCUT2D eigenvalue weighted by Gasteiger charge is -1.95. The van der Waals surface area contributed by atoms with Gasteiger partial charge in [0.25, 0.3) is 0 Å². The standard InChI is InChI=1S/C10H11NO2/c12-10(11-8-3-4-8)6-5-9-2-1-7-13-9/h1-2,5-8H,3-4H2,(H,11,12)/b6-5+. The summed E-state index contributed by atoms with van der Waals surface area (Å²) < 4.78 is 5.04. The first-order chi connectivity index (χ1) is 6.34. The molecule has 0 spiro atoms. The molecule has 68 valence electrons. The highest BCUT2D eigenvalue weighted by Gasteiger charge is 2.21. The Kier molecular flexibility index (Phi) is 2.17. The molecule has 1 fully saturated rings. The number of hydrogen-bond acceptors (Lipinski definition) is 2. The van der Waals surface area contributed by atoms with Crippen LogP contribution in [0, 0.1) is 0 Å². The highest BCUT2D eigenvalue weighted by molar-refractivity contribution is 5.91. The Hall–Kier alpha value is -1.51. The molecule has 0 radical (unpaired) electrons. The number of amides is 1. The molecule has 13 heavy (non-hydrogen) atoms. The normalized spacial score (nSPS) is 16.3. The lowest BCUT2D eigenvalue weighted by Crippen LogP contribution is -2.22. The molecule has 1 saturated carbocycles. The third-order valence-corrected chi connectivity index (χ3v) is 1.87. The van der Waals surface area contributed by atoms with E-state index in [0.29, 0.717) is 11.8 Å². The predicted molar refractivity (Wildman–Crippen MR) is 48.9 cm³/mol. The zero-order valence-electron chi connectivity index (χ0n) is 7.19. The maximum absolute atomic E-state index is 11.1. The first-order valence-electron chi connectivity index (χ1n) is 4.37. The number of rotatable bonds is 3. The van der Waals surface area contributed by atoms with Gasteiger partial charge in [-0.05, 0) is 31.1 Å². The Morgan fingerprint density at radius 3 is 3.08 bits per heavy atom. The second kappa shape index (κ2) is 3.47. The molecule has 0 aliphatic heterocycles. The molecule has 2 rings (SSSR count). The monoisotopic (exact) mass is 177 g/mol. The summed E-state index contributed by atoms with van der Waals surface area (Å²) in [6.07, 6.45) is 6.97. The van der Waals surface area contributed by atoms with Gasteiger partial charge in [-0.2, -0.15) is 0 Å². The third-order valence-electron chi connectivity index (χ3n) is 1.87. The number of furan rings is 1. The third kappa shape index (κ3) is 2.47. The van der Waals surface area contributed by atoms with E-state index in [-0.39, 0.29) is 5.91 Å². The van der Waals surface area contributed by atoms with Gasteiger partial charge in [0.1, 0.15) is 5.76 Å². The van der Waals surface area contributed by atoms with Gasteiger partial charge in [-0.15, -0.1) is 0 Å². The topological polar surface area (TPSA) is 42.2 Å². The van der Waals surface area contributed by atoms with Gasteiger partial charge in [-0.3, -0.25) is 4.79 Å². The van der Waals surface area contributed by atoms with Crippen LogP contribution in [0.5, 0.6) is 0 Å². The lowest BCUT2D eigenvalue weighted by molar-refractivity contribution is -0.116. The maximum atomic E-state index is 11.1. The molecule has 1 aliphatic rings. The van der Waals surface area contributed by atoms with E-state index in [0.717, 1.165) is 12.8 Å². The Morgan fingerprint density at radius 1 is 1.62 bits per heavy atom. The average Bonchev–Trinajstić information content (AvgIpc) is 2.78. The van der Waals surface area contributed by atoms with E-state index in [2.05, 4.69) is 5.32 Å². The molecule has 0 unspecified atom stereocenters. The minimum Gasteiger partial charge on any atom is -0.465 e. The Labute approximate surface area is 76.4 Å². The van der Waals surface area contributed by atoms with E-state index in [9.17, 15) is 4.79 Å². The number of hydrogen-bond donors (Lipinski definition) is 1. The van der Waals surface area contributed by atoms with Crippen molar-refractivity contribution in [3.63, 3.8) is 0 Å². The van der Waals surface area contributed by atoms with Crippen molar-refractivity contribution in [2.45, 2.75) is 18.9 Å². The number of carbonyl (C=O) groups is 1. The zero-order chi connectivity index (χ0) is 9.10. The molecule has 0 aromatic carbocycles. The van der Waals surface area contributed by atoms with Crippen molar-refractivity contribution in [2.75, 3.05) is 0 Å². The highest BCUT2D eigenvalue weighted by Crippen LogP contribution is 2.18. The quantitative estimate of drug-likeness (QED) is 0.712. The van der Waals surface area contributed by atoms with Crippen molar-refractivity contribution in [2.24, 2.45) is 0 Å². The summed E-state index contributed by atoms with van der Waals surface area (Å²) in [6, 6.07) is 4.01. The summed E-state index contributed by atoms with van der Waals surface area (Å²) >= 11 is 0. The summed E-state index contributed by atoms with van der Waals surface area (Å²) in [6.45, 7) is 0. The molecule has 1 N–H and O–H groups in total. The summed E-state index contributed by atoms with van der Waals surface area (Å²) in [7, 11) is 0. The minimum absolute atomic E-state index is 0.0427. The molecule has 0 saturated heterocycles. The van der Waals surface area contributed by atoms with Crippen LogP contribution in [0.2, 0.25) is 0 Å². The lowest BCUT2D eigenvalue weighted by atomic mass is 10.4. The van der Waals surface area contributed by atoms with Crippen molar-refractivity contribution in [3.05, 3.63) is 30.2 Å². The van der Waals surface area contributed by atoms with Crippen molar-refractivity contribution in [1.82, 2.24) is 5.32 Å². The van der Waals surface area contributed by atoms with Crippen LogP contribution < -0.4 is 5.32 Å². The fourth-order valence-corrected chi connectivity index (χ4v) is 1.02. The van der Waals surface area contributed by atoms with Gasteiger partial charge in [0.15, 0.2) is 0 Å². The van der Waals surface area contributed by atoms with Crippen molar-refractivity contribution >= 4 is 12.0 Å². The minimum atomic E-state index is -0.0427. The number of nitrogens with one attached hydrogen (secondary N) is 1. The molecule has 1 aromatic heterocycles. The van der Waals surface area contributed by atoms with Crippen molar-refractivity contribution < 1.29 is 9.21 Å². The molecule has 1 aliphatic carbocycles. The predicted octanol–water partition coefficient (Wildman–Crippen LogP) is 1.57. The Balaban J connectivity index is 1.85. The molecule has 1 heterocycles. The first-order valence-corrected chi connectivity index (χ1v) is 4.37. The average molecular weight is 177 g/mol. The first kappa shape index (κ1) is 8.10. The van der Waals surface area contributed by atoms with Crippen LogP contribution in [-0.2, 0) is 4.79 Å². The highest BCUT2D eigenvalue weighted by atomic mass is 16.3. The van der Waals surface area contributed by atoms with Crippen molar-refractivity contribution in [1.29, 1.82) is 0 Å². The molecular formula is C10H11NO2. The second-order valence-corrected chi connectivity index (χ2v) is 3.13. The largest absolute Gasteiger partial charge is 0.465 e. The van der Waals surface area contributed by atoms with Gasteiger partial charge in [0.2, 0.25) is 5.91 Å². The van der Waals surface area contributed by atoms with E-state index in [1.807, 2.05) is 0 Å². The van der Waals surface area contributed by atoms with Gasteiger partial charge in [-0.1, -0.05) is 0 Å². The molecule has 0 bridgehead atoms. The van der Waals surface area contributed by atoms with Crippen LogP contribution in [-0.4, -0.2) is 11.9 Å². The SMILES string of the molecule is O=C(/C=C/c1ccco1)NC1CC1. The summed E-state index contributed by atoms with van der Waals surface area (Å²) in [4.78, 5) is 11.1. The van der Waals surface area contributed by atoms with Gasteiger partial charge in [-0.25, -0.2) is 0 Å². The summed E-state index contributed by atoms with van der Waals surface area (Å²) in [5.41, 5.74) is 0.